The molecule has 0 radical (unpaired) electrons. The molecular weight excluding hydrogens is 258 g/mol. The number of carbonyl (C=O) groups excluding carboxylic acids is 1. The number of hydrogen-bond acceptors (Lipinski definition) is 5. The standard InChI is InChI=1S/C15H17NO4/c1-18-9-11-7-13-14(20-6-5-19-13)8-12(11)15(16-10-17)3-2-4-15/h7-8H,2-6,9H2,1H3. The molecule has 0 aromatic heterocycles. The molecule has 2 aliphatic rings. The van der Waals surface area contributed by atoms with Crippen LogP contribution in [0.2, 0.25) is 0 Å². The van der Waals surface area contributed by atoms with Gasteiger partial charge < -0.3 is 14.2 Å². The number of fused-ring (bicyclic) bond motifs is 1. The van der Waals surface area contributed by atoms with Gasteiger partial charge >= 0.3 is 0 Å². The first-order chi connectivity index (χ1) is 9.79. The van der Waals surface area contributed by atoms with Crippen molar-refractivity contribution in [2.75, 3.05) is 20.3 Å². The van der Waals surface area contributed by atoms with Crippen LogP contribution >= 0.6 is 0 Å². The van der Waals surface area contributed by atoms with E-state index in [-0.39, 0.29) is 0 Å². The van der Waals surface area contributed by atoms with E-state index in [9.17, 15) is 4.79 Å². The number of ether oxygens (including phenoxy) is 3. The van der Waals surface area contributed by atoms with E-state index in [4.69, 9.17) is 14.2 Å². The third kappa shape index (κ3) is 2.09. The minimum atomic E-state index is -0.453. The van der Waals surface area contributed by atoms with Gasteiger partial charge in [0.25, 0.3) is 0 Å². The smallest absolute Gasteiger partial charge is 0.235 e. The van der Waals surface area contributed by atoms with Gasteiger partial charge in [0.2, 0.25) is 6.08 Å². The van der Waals surface area contributed by atoms with Crippen LogP contribution in [0.1, 0.15) is 30.4 Å². The summed E-state index contributed by atoms with van der Waals surface area (Å²) in [4.78, 5) is 14.8. The Kier molecular flexibility index (Phi) is 3.47. The maximum Gasteiger partial charge on any atom is 0.235 e. The lowest BCUT2D eigenvalue weighted by Gasteiger charge is -2.39. The first kappa shape index (κ1) is 13.2. The molecule has 5 heteroatoms. The molecule has 5 nitrogen and oxygen atoms in total. The highest BCUT2D eigenvalue weighted by Crippen LogP contribution is 2.48. The molecule has 106 valence electrons. The number of aliphatic imine (C=N–C) groups is 1. The molecule has 0 bridgehead atoms. The van der Waals surface area contributed by atoms with E-state index in [1.54, 1.807) is 13.2 Å². The highest BCUT2D eigenvalue weighted by atomic mass is 16.6. The summed E-state index contributed by atoms with van der Waals surface area (Å²) in [6, 6.07) is 3.89. The lowest BCUT2D eigenvalue weighted by Crippen LogP contribution is -2.33. The molecule has 0 amide bonds. The summed E-state index contributed by atoms with van der Waals surface area (Å²) in [5, 5.41) is 0. The topological polar surface area (TPSA) is 57.1 Å². The first-order valence-electron chi connectivity index (χ1n) is 6.80. The Bertz CT molecular complexity index is 559. The van der Waals surface area contributed by atoms with E-state index in [2.05, 4.69) is 4.99 Å². The highest BCUT2D eigenvalue weighted by molar-refractivity contribution is 5.52. The second kappa shape index (κ2) is 5.27. The van der Waals surface area contributed by atoms with Gasteiger partial charge in [0.1, 0.15) is 13.2 Å². The summed E-state index contributed by atoms with van der Waals surface area (Å²) in [6.07, 6.45) is 4.50. The van der Waals surface area contributed by atoms with Crippen molar-refractivity contribution in [3.63, 3.8) is 0 Å². The van der Waals surface area contributed by atoms with Crippen LogP contribution in [0.25, 0.3) is 0 Å². The molecule has 1 heterocycles. The fourth-order valence-corrected chi connectivity index (χ4v) is 2.88. The van der Waals surface area contributed by atoms with Crippen LogP contribution in [0.5, 0.6) is 11.5 Å². The van der Waals surface area contributed by atoms with E-state index in [1.165, 1.54) is 0 Å². The lowest BCUT2D eigenvalue weighted by molar-refractivity contribution is 0.162. The van der Waals surface area contributed by atoms with E-state index in [1.807, 2.05) is 12.1 Å². The summed E-state index contributed by atoms with van der Waals surface area (Å²) in [5.41, 5.74) is 1.54. The molecule has 20 heavy (non-hydrogen) atoms. The molecule has 1 aliphatic carbocycles. The Morgan fingerprint density at radius 3 is 2.55 bits per heavy atom. The van der Waals surface area contributed by atoms with Gasteiger partial charge in [0.05, 0.1) is 12.1 Å². The van der Waals surface area contributed by atoms with Crippen LogP contribution < -0.4 is 9.47 Å². The normalized spacial score (nSPS) is 18.9. The zero-order chi connectivity index (χ0) is 14.0. The molecule has 0 spiro atoms. The quantitative estimate of drug-likeness (QED) is 0.625. The van der Waals surface area contributed by atoms with Gasteiger partial charge in [-0.25, -0.2) is 4.79 Å². The van der Waals surface area contributed by atoms with Gasteiger partial charge in [-0.15, -0.1) is 0 Å². The molecule has 1 fully saturated rings. The Hall–Kier alpha value is -1.84. The van der Waals surface area contributed by atoms with Gasteiger partial charge in [-0.3, -0.25) is 0 Å². The summed E-state index contributed by atoms with van der Waals surface area (Å²) >= 11 is 0. The van der Waals surface area contributed by atoms with Crippen molar-refractivity contribution >= 4 is 6.08 Å². The fraction of sp³-hybridized carbons (Fsp3) is 0.533. The number of isocyanates is 1. The molecule has 1 aromatic carbocycles. The van der Waals surface area contributed by atoms with Gasteiger partial charge in [-0.2, -0.15) is 4.99 Å². The van der Waals surface area contributed by atoms with Crippen molar-refractivity contribution in [3.8, 4) is 11.5 Å². The molecule has 1 aromatic rings. The van der Waals surface area contributed by atoms with Crippen LogP contribution in [0.4, 0.5) is 0 Å². The molecule has 1 aliphatic heterocycles. The Labute approximate surface area is 117 Å². The Morgan fingerprint density at radius 1 is 1.30 bits per heavy atom. The van der Waals surface area contributed by atoms with Crippen molar-refractivity contribution in [3.05, 3.63) is 23.3 Å². The maximum absolute atomic E-state index is 10.8. The monoisotopic (exact) mass is 275 g/mol. The number of hydrogen-bond donors (Lipinski definition) is 0. The second-order valence-corrected chi connectivity index (χ2v) is 5.17. The van der Waals surface area contributed by atoms with Crippen molar-refractivity contribution in [1.82, 2.24) is 0 Å². The van der Waals surface area contributed by atoms with Gasteiger partial charge in [-0.1, -0.05) is 0 Å². The fourth-order valence-electron chi connectivity index (χ4n) is 2.88. The van der Waals surface area contributed by atoms with E-state index in [0.717, 1.165) is 41.9 Å². The molecule has 1 saturated carbocycles. The van der Waals surface area contributed by atoms with E-state index >= 15 is 0 Å². The van der Waals surface area contributed by atoms with Crippen molar-refractivity contribution in [2.45, 2.75) is 31.4 Å². The molecule has 0 atom stereocenters. The highest BCUT2D eigenvalue weighted by Gasteiger charge is 2.41. The van der Waals surface area contributed by atoms with Crippen molar-refractivity contribution in [2.24, 2.45) is 4.99 Å². The first-order valence-corrected chi connectivity index (χ1v) is 6.80. The van der Waals surface area contributed by atoms with E-state index < -0.39 is 5.54 Å². The molecule has 0 N–H and O–H groups in total. The number of benzene rings is 1. The van der Waals surface area contributed by atoms with Crippen LogP contribution in [-0.4, -0.2) is 26.4 Å². The maximum atomic E-state index is 10.8. The van der Waals surface area contributed by atoms with Gasteiger partial charge in [0.15, 0.2) is 11.5 Å². The Balaban J connectivity index is 2.09. The molecule has 0 unspecified atom stereocenters. The summed E-state index contributed by atoms with van der Waals surface area (Å²) in [7, 11) is 1.65. The lowest BCUT2D eigenvalue weighted by atomic mass is 9.71. The Morgan fingerprint density at radius 2 is 2.00 bits per heavy atom. The summed E-state index contributed by atoms with van der Waals surface area (Å²) in [5.74, 6) is 1.45. The second-order valence-electron chi connectivity index (χ2n) is 5.17. The third-order valence-corrected chi connectivity index (χ3v) is 4.01. The van der Waals surface area contributed by atoms with Crippen molar-refractivity contribution < 1.29 is 19.0 Å². The van der Waals surface area contributed by atoms with Crippen LogP contribution in [0.3, 0.4) is 0 Å². The predicted octanol–water partition coefficient (Wildman–Crippen LogP) is 2.32. The van der Waals surface area contributed by atoms with Crippen LogP contribution in [0.15, 0.2) is 17.1 Å². The molecular formula is C15H17NO4. The zero-order valence-corrected chi connectivity index (χ0v) is 11.5. The minimum absolute atomic E-state index is 0.453. The van der Waals surface area contributed by atoms with E-state index in [0.29, 0.717) is 19.8 Å². The molecule has 0 saturated heterocycles. The number of nitrogens with zero attached hydrogens (tertiary/aromatic N) is 1. The average molecular weight is 275 g/mol. The van der Waals surface area contributed by atoms with Crippen LogP contribution in [-0.2, 0) is 21.7 Å². The average Bonchev–Trinajstić information content (AvgIpc) is 2.43. The predicted molar refractivity (Wildman–Crippen MR) is 71.8 cm³/mol. The van der Waals surface area contributed by atoms with Crippen molar-refractivity contribution in [1.29, 1.82) is 0 Å². The summed E-state index contributed by atoms with van der Waals surface area (Å²) < 4.78 is 16.5. The SMILES string of the molecule is COCc1cc2c(cc1C1(N=C=O)CCC1)OCCO2. The van der Waals surface area contributed by atoms with Gasteiger partial charge in [0, 0.05) is 7.11 Å². The zero-order valence-electron chi connectivity index (χ0n) is 11.5. The van der Waals surface area contributed by atoms with Gasteiger partial charge in [-0.05, 0) is 42.5 Å². The number of methoxy groups -OCH3 is 1. The third-order valence-electron chi connectivity index (χ3n) is 4.01. The number of rotatable bonds is 4. The molecule has 3 rings (SSSR count). The van der Waals surface area contributed by atoms with Crippen LogP contribution in [0, 0.1) is 0 Å². The summed E-state index contributed by atoms with van der Waals surface area (Å²) in [6.45, 7) is 1.55. The largest absolute Gasteiger partial charge is 0.486 e. The minimum Gasteiger partial charge on any atom is -0.486 e.